The minimum Gasteiger partial charge on any atom is -0.437 e. The maximum absolute atomic E-state index is 19.2. The van der Waals surface area contributed by atoms with Crippen molar-refractivity contribution in [2.45, 2.75) is 8.59 Å². The molecular formula is C53H33BCl6F2N2. The number of hydrogen-bond acceptors (Lipinski definition) is 0. The molecule has 1 aliphatic heterocycles. The summed E-state index contributed by atoms with van der Waals surface area (Å²) in [5.41, 5.74) is 4.50. The fraction of sp³-hybridized carbons (Fsp3) is 0.0377. The van der Waals surface area contributed by atoms with Gasteiger partial charge in [-0.05, 0) is 63.0 Å². The zero-order valence-corrected chi connectivity index (χ0v) is 38.1. The molecule has 64 heavy (non-hydrogen) atoms. The van der Waals surface area contributed by atoms with E-state index in [0.717, 1.165) is 87.2 Å². The van der Waals surface area contributed by atoms with Gasteiger partial charge in [-0.1, -0.05) is 215 Å². The van der Waals surface area contributed by atoms with E-state index in [4.69, 9.17) is 69.6 Å². The highest BCUT2D eigenvalue weighted by atomic mass is 35.6. The molecule has 0 amide bonds. The van der Waals surface area contributed by atoms with Gasteiger partial charge in [-0.15, -0.1) is 0 Å². The van der Waals surface area contributed by atoms with Crippen LogP contribution >= 0.6 is 69.6 Å². The van der Waals surface area contributed by atoms with Gasteiger partial charge >= 0.3 is 6.97 Å². The van der Waals surface area contributed by atoms with Gasteiger partial charge in [0, 0.05) is 55.8 Å². The van der Waals surface area contributed by atoms with E-state index in [0.29, 0.717) is 22.8 Å². The lowest BCUT2D eigenvalue weighted by Gasteiger charge is -2.40. The Morgan fingerprint density at radius 2 is 0.594 bits per heavy atom. The van der Waals surface area contributed by atoms with E-state index in [1.807, 2.05) is 127 Å². The van der Waals surface area contributed by atoms with Crippen molar-refractivity contribution in [3.8, 4) is 22.5 Å². The lowest BCUT2D eigenvalue weighted by molar-refractivity contribution is 0.526. The summed E-state index contributed by atoms with van der Waals surface area (Å²) in [6.07, 6.45) is 0. The summed E-state index contributed by atoms with van der Waals surface area (Å²) < 4.78 is 39.8. The normalized spacial score (nSPS) is 13.1. The van der Waals surface area contributed by atoms with Gasteiger partial charge in [-0.2, -0.15) is 0 Å². The number of hydrogen-bond donors (Lipinski definition) is 0. The minimum atomic E-state index is -4.56. The Morgan fingerprint density at radius 3 is 0.906 bits per heavy atom. The van der Waals surface area contributed by atoms with Crippen LogP contribution < -0.4 is 0 Å². The largest absolute Gasteiger partial charge is 0.535 e. The predicted molar refractivity (Wildman–Crippen MR) is 273 cm³/mol. The summed E-state index contributed by atoms with van der Waals surface area (Å²) >= 11 is 28.8. The SMILES string of the molecule is ClC(Cl)Cl.ClC(Cl)Cl.F[B-]1(F)n2c(-c3ccccc3)c3c4ccccc4c4ccccc4c3c2[C+](c2ccccc2)c2c3c4ccccc4c4ccccc4c3c(-c3ccccc3)n21. The molecule has 0 N–H and O–H groups in total. The second-order valence-electron chi connectivity index (χ2n) is 15.4. The highest BCUT2D eigenvalue weighted by molar-refractivity contribution is 6.66. The van der Waals surface area contributed by atoms with Gasteiger partial charge in [0.1, 0.15) is 5.92 Å². The molecular weight excluding hydrogens is 926 g/mol. The van der Waals surface area contributed by atoms with Crippen molar-refractivity contribution in [2.75, 3.05) is 0 Å². The first-order valence-electron chi connectivity index (χ1n) is 20.4. The average Bonchev–Trinajstić information content (AvgIpc) is 3.87. The van der Waals surface area contributed by atoms with Crippen molar-refractivity contribution >= 4 is 141 Å². The van der Waals surface area contributed by atoms with Crippen LogP contribution in [0.15, 0.2) is 188 Å². The summed E-state index contributed by atoms with van der Waals surface area (Å²) in [6, 6.07) is 63.0. The lowest BCUT2D eigenvalue weighted by Crippen LogP contribution is -2.49. The smallest absolute Gasteiger partial charge is 0.437 e. The standard InChI is InChI=1S/C51H31BF2N2.2CHCl3/c53-52(54)55-48(33-20-6-2-7-21-33)44-39-28-14-10-24-35(39)37-26-12-16-30-41(37)46(44)50(55)43(32-18-4-1-5-19-32)51-47-42-31-17-13-27-38(42)36-25-11-15-29-40(36)45(47)49(56(51)52)34-22-8-3-9-23-34;2*2-1(3)4/h1-31H;2*1H. The Balaban J connectivity index is 0.000000562. The molecule has 11 aromatic rings. The summed E-state index contributed by atoms with van der Waals surface area (Å²) in [4.78, 5) is 0. The molecule has 0 saturated heterocycles. The van der Waals surface area contributed by atoms with Crippen LogP contribution in [0.2, 0.25) is 0 Å². The molecule has 0 radical (unpaired) electrons. The average molecular weight is 959 g/mol. The Labute approximate surface area is 398 Å². The van der Waals surface area contributed by atoms with E-state index in [1.54, 1.807) is 0 Å². The van der Waals surface area contributed by atoms with Gasteiger partial charge in [-0.25, -0.2) is 0 Å². The second kappa shape index (κ2) is 17.2. The van der Waals surface area contributed by atoms with E-state index in [1.165, 1.54) is 8.96 Å². The molecule has 0 saturated carbocycles. The molecule has 0 atom stereocenters. The van der Waals surface area contributed by atoms with Gasteiger partial charge < -0.3 is 17.6 Å². The van der Waals surface area contributed by atoms with E-state index in [9.17, 15) is 0 Å². The van der Waals surface area contributed by atoms with Crippen LogP contribution in [0.1, 0.15) is 17.0 Å². The third kappa shape index (κ3) is 6.97. The van der Waals surface area contributed by atoms with Gasteiger partial charge in [0.05, 0.1) is 27.7 Å². The molecule has 11 heteroatoms. The van der Waals surface area contributed by atoms with Crippen molar-refractivity contribution in [3.05, 3.63) is 211 Å². The van der Waals surface area contributed by atoms with Crippen LogP contribution in [0.5, 0.6) is 0 Å². The fourth-order valence-corrected chi connectivity index (χ4v) is 9.95. The molecule has 9 aromatic carbocycles. The van der Waals surface area contributed by atoms with Gasteiger partial charge in [0.2, 0.25) is 0 Å². The van der Waals surface area contributed by atoms with Crippen LogP contribution in [0.25, 0.3) is 87.1 Å². The molecule has 0 bridgehead atoms. The van der Waals surface area contributed by atoms with Gasteiger partial charge in [0.25, 0.3) is 0 Å². The van der Waals surface area contributed by atoms with Crippen LogP contribution in [-0.2, 0) is 0 Å². The number of rotatable bonds is 3. The molecule has 0 spiro atoms. The first kappa shape index (κ1) is 42.6. The van der Waals surface area contributed by atoms with Crippen molar-refractivity contribution in [1.82, 2.24) is 8.96 Å². The maximum atomic E-state index is 19.2. The molecule has 12 rings (SSSR count). The Kier molecular flexibility index (Phi) is 11.5. The third-order valence-corrected chi connectivity index (χ3v) is 12.0. The number of alkyl halides is 6. The molecule has 2 aromatic heterocycles. The molecule has 0 fully saturated rings. The topological polar surface area (TPSA) is 9.86 Å². The maximum Gasteiger partial charge on any atom is 0.535 e. The molecule has 0 aliphatic carbocycles. The van der Waals surface area contributed by atoms with Crippen molar-refractivity contribution in [2.24, 2.45) is 0 Å². The first-order valence-corrected chi connectivity index (χ1v) is 23.1. The molecule has 0 unspecified atom stereocenters. The Bertz CT molecular complexity index is 3300. The van der Waals surface area contributed by atoms with Crippen LogP contribution in [-0.4, -0.2) is 24.5 Å². The summed E-state index contributed by atoms with van der Waals surface area (Å²) in [5, 5.41) is 11.3. The summed E-state index contributed by atoms with van der Waals surface area (Å²) in [7, 11) is 0. The van der Waals surface area contributed by atoms with E-state index in [-0.39, 0.29) is 0 Å². The number of nitrogens with zero attached hydrogens (tertiary/aromatic N) is 2. The molecule has 314 valence electrons. The third-order valence-electron chi connectivity index (χ3n) is 12.0. The second-order valence-corrected chi connectivity index (χ2v) is 19.3. The van der Waals surface area contributed by atoms with Crippen LogP contribution in [0.4, 0.5) is 8.63 Å². The Hall–Kier alpha value is -5.37. The monoisotopic (exact) mass is 956 g/mol. The summed E-state index contributed by atoms with van der Waals surface area (Å²) in [6.45, 7) is -4.56. The van der Waals surface area contributed by atoms with Crippen molar-refractivity contribution in [3.63, 3.8) is 0 Å². The fourth-order valence-electron chi connectivity index (χ4n) is 9.95. The number of benzene rings is 9. The van der Waals surface area contributed by atoms with Crippen LogP contribution in [0.3, 0.4) is 0 Å². The highest BCUT2D eigenvalue weighted by Crippen LogP contribution is 2.57. The zero-order chi connectivity index (χ0) is 44.3. The van der Waals surface area contributed by atoms with E-state index < -0.39 is 15.6 Å². The molecule has 3 heterocycles. The zero-order valence-electron chi connectivity index (χ0n) is 33.5. The van der Waals surface area contributed by atoms with Gasteiger partial charge in [-0.3, -0.25) is 0 Å². The summed E-state index contributed by atoms with van der Waals surface area (Å²) in [5.74, 6) is 0.790. The number of aromatic nitrogens is 2. The van der Waals surface area contributed by atoms with E-state index >= 15 is 8.63 Å². The van der Waals surface area contributed by atoms with Gasteiger partial charge in [0.15, 0.2) is 8.59 Å². The Morgan fingerprint density at radius 1 is 0.344 bits per heavy atom. The van der Waals surface area contributed by atoms with Crippen molar-refractivity contribution < 1.29 is 8.63 Å². The van der Waals surface area contributed by atoms with Crippen LogP contribution in [0, 0.1) is 5.92 Å². The first-order chi connectivity index (χ1) is 31.1. The minimum absolute atomic E-state index is 0.521. The lowest BCUT2D eigenvalue weighted by atomic mass is 9.79. The predicted octanol–water partition coefficient (Wildman–Crippen LogP) is 17.6. The molecule has 2 nitrogen and oxygen atoms in total. The van der Waals surface area contributed by atoms with E-state index in [2.05, 4.69) is 60.7 Å². The number of fused-ring (bicyclic) bond motifs is 16. The molecule has 1 aliphatic rings. The highest BCUT2D eigenvalue weighted by Gasteiger charge is 2.51. The quantitative estimate of drug-likeness (QED) is 0.0723. The van der Waals surface area contributed by atoms with Crippen molar-refractivity contribution in [1.29, 1.82) is 0 Å². The number of halogens is 8.